The summed E-state index contributed by atoms with van der Waals surface area (Å²) in [7, 11) is 1.85. The van der Waals surface area contributed by atoms with Crippen LogP contribution in [0.2, 0.25) is 0 Å². The Balaban J connectivity index is 1.95. The number of fused-ring (bicyclic) bond motifs is 1. The number of alkyl halides is 1. The fourth-order valence-corrected chi connectivity index (χ4v) is 4.23. The van der Waals surface area contributed by atoms with Gasteiger partial charge in [0.25, 0.3) is 0 Å². The van der Waals surface area contributed by atoms with E-state index in [1.807, 2.05) is 7.11 Å². The van der Waals surface area contributed by atoms with E-state index in [1.165, 1.54) is 41.2 Å². The van der Waals surface area contributed by atoms with Crippen LogP contribution in [0.4, 0.5) is 0 Å². The Labute approximate surface area is 129 Å². The van der Waals surface area contributed by atoms with Crippen LogP contribution < -0.4 is 0 Å². The SMILES string of the molecule is COC1(CC(Br)c2ccc(C)c3ccccc23)CCC1. The Kier molecular flexibility index (Phi) is 3.87. The molecule has 1 aliphatic rings. The van der Waals surface area contributed by atoms with Crippen LogP contribution in [0.15, 0.2) is 36.4 Å². The summed E-state index contributed by atoms with van der Waals surface area (Å²) in [4.78, 5) is 0.355. The molecular weight excluding hydrogens is 312 g/mol. The second kappa shape index (κ2) is 5.50. The zero-order valence-electron chi connectivity index (χ0n) is 12.2. The maximum Gasteiger partial charge on any atom is 0.0692 e. The van der Waals surface area contributed by atoms with Crippen LogP contribution in [0.5, 0.6) is 0 Å². The topological polar surface area (TPSA) is 9.23 Å². The van der Waals surface area contributed by atoms with Crippen molar-refractivity contribution in [1.29, 1.82) is 0 Å². The number of methoxy groups -OCH3 is 1. The van der Waals surface area contributed by atoms with Crippen molar-refractivity contribution in [3.05, 3.63) is 47.5 Å². The van der Waals surface area contributed by atoms with E-state index >= 15 is 0 Å². The average molecular weight is 333 g/mol. The molecule has 0 bridgehead atoms. The van der Waals surface area contributed by atoms with E-state index in [0.717, 1.165) is 6.42 Å². The molecule has 2 aromatic rings. The van der Waals surface area contributed by atoms with Gasteiger partial charge in [-0.3, -0.25) is 0 Å². The molecule has 106 valence electrons. The van der Waals surface area contributed by atoms with E-state index in [2.05, 4.69) is 59.3 Å². The van der Waals surface area contributed by atoms with E-state index < -0.39 is 0 Å². The highest BCUT2D eigenvalue weighted by atomic mass is 79.9. The van der Waals surface area contributed by atoms with Gasteiger partial charge in [0.05, 0.1) is 5.60 Å². The predicted octanol–water partition coefficient (Wildman–Crippen LogP) is 5.54. The fourth-order valence-electron chi connectivity index (χ4n) is 3.25. The normalized spacial score (nSPS) is 18.8. The first-order valence-corrected chi connectivity index (χ1v) is 8.24. The van der Waals surface area contributed by atoms with Gasteiger partial charge in [-0.05, 0) is 54.5 Å². The Morgan fingerprint density at radius 2 is 1.85 bits per heavy atom. The second-order valence-electron chi connectivity index (χ2n) is 5.93. The summed E-state index contributed by atoms with van der Waals surface area (Å²) in [5, 5.41) is 2.72. The summed E-state index contributed by atoms with van der Waals surface area (Å²) in [6, 6.07) is 13.2. The van der Waals surface area contributed by atoms with Crippen molar-refractivity contribution in [2.24, 2.45) is 0 Å². The molecule has 1 nitrogen and oxygen atoms in total. The molecule has 20 heavy (non-hydrogen) atoms. The predicted molar refractivity (Wildman–Crippen MR) is 88.6 cm³/mol. The lowest BCUT2D eigenvalue weighted by Gasteiger charge is -2.42. The van der Waals surface area contributed by atoms with Crippen molar-refractivity contribution < 1.29 is 4.74 Å². The van der Waals surface area contributed by atoms with Gasteiger partial charge in [0.15, 0.2) is 0 Å². The third-order valence-corrected chi connectivity index (χ3v) is 5.58. The van der Waals surface area contributed by atoms with E-state index in [-0.39, 0.29) is 5.60 Å². The Hall–Kier alpha value is -0.860. The van der Waals surface area contributed by atoms with Crippen LogP contribution in [0.3, 0.4) is 0 Å². The van der Waals surface area contributed by atoms with E-state index in [0.29, 0.717) is 4.83 Å². The largest absolute Gasteiger partial charge is 0.378 e. The lowest BCUT2D eigenvalue weighted by atomic mass is 9.76. The maximum absolute atomic E-state index is 5.77. The number of aryl methyl sites for hydroxylation is 1. The first-order chi connectivity index (χ1) is 9.65. The molecule has 0 saturated heterocycles. The average Bonchev–Trinajstić information content (AvgIpc) is 2.43. The van der Waals surface area contributed by atoms with Gasteiger partial charge in [-0.1, -0.05) is 52.3 Å². The molecule has 0 N–H and O–H groups in total. The van der Waals surface area contributed by atoms with Crippen LogP contribution in [-0.2, 0) is 4.74 Å². The summed E-state index contributed by atoms with van der Waals surface area (Å²) in [6.07, 6.45) is 4.73. The minimum atomic E-state index is 0.0974. The molecule has 0 aliphatic heterocycles. The van der Waals surface area contributed by atoms with Crippen molar-refractivity contribution in [3.63, 3.8) is 0 Å². The molecular formula is C18H21BrO. The number of rotatable bonds is 4. The highest BCUT2D eigenvalue weighted by molar-refractivity contribution is 9.09. The second-order valence-corrected chi connectivity index (χ2v) is 7.03. The number of ether oxygens (including phenoxy) is 1. The smallest absolute Gasteiger partial charge is 0.0692 e. The lowest BCUT2D eigenvalue weighted by Crippen LogP contribution is -2.39. The van der Waals surface area contributed by atoms with Gasteiger partial charge in [-0.2, -0.15) is 0 Å². The molecule has 1 aliphatic carbocycles. The first kappa shape index (κ1) is 14.1. The van der Waals surface area contributed by atoms with Gasteiger partial charge in [0.2, 0.25) is 0 Å². The van der Waals surface area contributed by atoms with Crippen molar-refractivity contribution in [2.45, 2.75) is 43.0 Å². The summed E-state index contributed by atoms with van der Waals surface area (Å²) in [6.45, 7) is 2.18. The van der Waals surface area contributed by atoms with Gasteiger partial charge >= 0.3 is 0 Å². The lowest BCUT2D eigenvalue weighted by molar-refractivity contribution is -0.0772. The van der Waals surface area contributed by atoms with Crippen molar-refractivity contribution in [1.82, 2.24) is 0 Å². The molecule has 2 aromatic carbocycles. The zero-order valence-corrected chi connectivity index (χ0v) is 13.7. The molecule has 0 heterocycles. The molecule has 2 heteroatoms. The van der Waals surface area contributed by atoms with Crippen LogP contribution in [0.1, 0.15) is 41.6 Å². The zero-order chi connectivity index (χ0) is 14.2. The molecule has 0 amide bonds. The van der Waals surface area contributed by atoms with Gasteiger partial charge in [-0.15, -0.1) is 0 Å². The quantitative estimate of drug-likeness (QED) is 0.667. The molecule has 1 saturated carbocycles. The standard InChI is InChI=1S/C18H21BrO/c1-13-8-9-16(15-7-4-3-6-14(13)15)17(19)12-18(20-2)10-5-11-18/h3-4,6-9,17H,5,10-12H2,1-2H3. The number of hydrogen-bond donors (Lipinski definition) is 0. The van der Waals surface area contributed by atoms with E-state index in [9.17, 15) is 0 Å². The summed E-state index contributed by atoms with van der Waals surface area (Å²) >= 11 is 3.90. The van der Waals surface area contributed by atoms with Crippen LogP contribution in [-0.4, -0.2) is 12.7 Å². The van der Waals surface area contributed by atoms with Crippen LogP contribution >= 0.6 is 15.9 Å². The summed E-state index contributed by atoms with van der Waals surface area (Å²) in [5.74, 6) is 0. The molecule has 1 unspecified atom stereocenters. The summed E-state index contributed by atoms with van der Waals surface area (Å²) < 4.78 is 5.77. The molecule has 1 fully saturated rings. The molecule has 0 spiro atoms. The van der Waals surface area contributed by atoms with Gasteiger partial charge in [0, 0.05) is 11.9 Å². The van der Waals surface area contributed by atoms with Gasteiger partial charge in [0.1, 0.15) is 0 Å². The van der Waals surface area contributed by atoms with Crippen molar-refractivity contribution in [2.75, 3.05) is 7.11 Å². The van der Waals surface area contributed by atoms with Crippen molar-refractivity contribution in [3.8, 4) is 0 Å². The molecule has 0 aromatic heterocycles. The minimum absolute atomic E-state index is 0.0974. The minimum Gasteiger partial charge on any atom is -0.378 e. The van der Waals surface area contributed by atoms with Gasteiger partial charge in [-0.25, -0.2) is 0 Å². The highest BCUT2D eigenvalue weighted by Gasteiger charge is 2.39. The Bertz CT molecular complexity index is 610. The fraction of sp³-hybridized carbons (Fsp3) is 0.444. The third-order valence-electron chi connectivity index (χ3n) is 4.76. The van der Waals surface area contributed by atoms with Crippen LogP contribution in [0, 0.1) is 6.92 Å². The van der Waals surface area contributed by atoms with Crippen molar-refractivity contribution >= 4 is 26.7 Å². The molecule has 1 atom stereocenters. The monoisotopic (exact) mass is 332 g/mol. The van der Waals surface area contributed by atoms with Crippen LogP contribution in [0.25, 0.3) is 10.8 Å². The highest BCUT2D eigenvalue weighted by Crippen LogP contribution is 2.45. The molecule has 3 rings (SSSR count). The summed E-state index contributed by atoms with van der Waals surface area (Å²) in [5.41, 5.74) is 2.82. The Morgan fingerprint density at radius 1 is 1.15 bits per heavy atom. The van der Waals surface area contributed by atoms with E-state index in [1.54, 1.807) is 0 Å². The van der Waals surface area contributed by atoms with Gasteiger partial charge < -0.3 is 4.74 Å². The maximum atomic E-state index is 5.77. The Morgan fingerprint density at radius 3 is 2.45 bits per heavy atom. The number of benzene rings is 2. The number of hydrogen-bond acceptors (Lipinski definition) is 1. The first-order valence-electron chi connectivity index (χ1n) is 7.33. The van der Waals surface area contributed by atoms with E-state index in [4.69, 9.17) is 4.74 Å². The number of halogens is 1. The molecule has 0 radical (unpaired) electrons. The third kappa shape index (κ3) is 2.40.